The highest BCUT2D eigenvalue weighted by molar-refractivity contribution is 7.19. The molecule has 28 heavy (non-hydrogen) atoms. The molecule has 0 spiro atoms. The lowest BCUT2D eigenvalue weighted by Crippen LogP contribution is -2.36. The van der Waals surface area contributed by atoms with Crippen molar-refractivity contribution in [3.8, 4) is 10.6 Å². The molecule has 4 heterocycles. The van der Waals surface area contributed by atoms with E-state index in [9.17, 15) is 0 Å². The Morgan fingerprint density at radius 3 is 2.61 bits per heavy atom. The number of rotatable bonds is 5. The summed E-state index contributed by atoms with van der Waals surface area (Å²) in [4.78, 5) is 12.7. The molecule has 1 aliphatic rings. The fourth-order valence-electron chi connectivity index (χ4n) is 3.84. The molecule has 0 aliphatic carbocycles. The van der Waals surface area contributed by atoms with Crippen LogP contribution in [0.25, 0.3) is 21.6 Å². The Hall–Kier alpha value is -1.70. The number of anilines is 1. The molecule has 1 aliphatic heterocycles. The molecular weight excluding hydrogens is 394 g/mol. The van der Waals surface area contributed by atoms with Crippen LogP contribution < -0.4 is 4.90 Å². The summed E-state index contributed by atoms with van der Waals surface area (Å²) in [6, 6.07) is 2.21. The zero-order valence-electron chi connectivity index (χ0n) is 16.8. The Kier molecular flexibility index (Phi) is 5.58. The van der Waals surface area contributed by atoms with E-state index in [0.29, 0.717) is 11.1 Å². The highest BCUT2D eigenvalue weighted by Gasteiger charge is 2.23. The quantitative estimate of drug-likeness (QED) is 0.594. The second kappa shape index (κ2) is 7.97. The van der Waals surface area contributed by atoms with Gasteiger partial charge < -0.3 is 9.64 Å². The summed E-state index contributed by atoms with van der Waals surface area (Å²) in [7, 11) is 1.97. The van der Waals surface area contributed by atoms with Crippen LogP contribution in [-0.4, -0.2) is 46.1 Å². The molecule has 0 N–H and O–H groups in total. The first-order chi connectivity index (χ1) is 13.5. The van der Waals surface area contributed by atoms with E-state index in [-0.39, 0.29) is 0 Å². The molecule has 1 fully saturated rings. The van der Waals surface area contributed by atoms with Crippen LogP contribution in [0.3, 0.4) is 0 Å². The van der Waals surface area contributed by atoms with Gasteiger partial charge in [0.05, 0.1) is 29.5 Å². The number of ether oxygens (including phenoxy) is 1. The molecule has 1 saturated heterocycles. The zero-order valence-corrected chi connectivity index (χ0v) is 18.4. The minimum Gasteiger partial charge on any atom is -0.378 e. The second-order valence-electron chi connectivity index (χ2n) is 7.26. The monoisotopic (exact) mass is 419 g/mol. The van der Waals surface area contributed by atoms with Crippen molar-refractivity contribution in [2.24, 2.45) is 7.05 Å². The standard InChI is InChI=1S/C20H26ClN5OS/c1-5-13(6-2)16-14-11-12(3)15(22-19(14)25(4)24-16)17-18(21)23-20(28-17)26-7-9-27-10-8-26/h11,13H,5-10H2,1-4H3. The van der Waals surface area contributed by atoms with Crippen molar-refractivity contribution in [2.45, 2.75) is 39.5 Å². The number of morpholine rings is 1. The fraction of sp³-hybridized carbons (Fsp3) is 0.550. The Morgan fingerprint density at radius 1 is 1.21 bits per heavy atom. The lowest BCUT2D eigenvalue weighted by Gasteiger charge is -2.25. The number of nitrogens with zero attached hydrogens (tertiary/aromatic N) is 5. The molecule has 8 heteroatoms. The van der Waals surface area contributed by atoms with Crippen LogP contribution in [-0.2, 0) is 11.8 Å². The first-order valence-corrected chi connectivity index (χ1v) is 11.1. The smallest absolute Gasteiger partial charge is 0.187 e. The van der Waals surface area contributed by atoms with Gasteiger partial charge in [0.25, 0.3) is 0 Å². The number of pyridine rings is 1. The van der Waals surface area contributed by atoms with Crippen LogP contribution in [0.4, 0.5) is 5.13 Å². The van der Waals surface area contributed by atoms with Crippen molar-refractivity contribution >= 4 is 39.1 Å². The summed E-state index contributed by atoms with van der Waals surface area (Å²) in [5, 5.41) is 7.40. The molecular formula is C20H26ClN5OS. The maximum atomic E-state index is 6.54. The SMILES string of the molecule is CCC(CC)c1nn(C)c2nc(-c3sc(N4CCOCC4)nc3Cl)c(C)cc12. The van der Waals surface area contributed by atoms with Gasteiger partial charge in [-0.25, -0.2) is 9.97 Å². The van der Waals surface area contributed by atoms with E-state index in [4.69, 9.17) is 26.4 Å². The molecule has 6 nitrogen and oxygen atoms in total. The molecule has 150 valence electrons. The highest BCUT2D eigenvalue weighted by Crippen LogP contribution is 2.40. The Labute approximate surface area is 174 Å². The normalized spacial score (nSPS) is 15.1. The summed E-state index contributed by atoms with van der Waals surface area (Å²) < 4.78 is 7.34. The van der Waals surface area contributed by atoms with Crippen molar-refractivity contribution in [2.75, 3.05) is 31.2 Å². The van der Waals surface area contributed by atoms with Gasteiger partial charge in [0.2, 0.25) is 0 Å². The van der Waals surface area contributed by atoms with Crippen molar-refractivity contribution in [3.05, 3.63) is 22.5 Å². The van der Waals surface area contributed by atoms with Gasteiger partial charge in [0, 0.05) is 31.4 Å². The summed E-state index contributed by atoms with van der Waals surface area (Å²) in [5.74, 6) is 0.454. The Bertz CT molecular complexity index is 988. The lowest BCUT2D eigenvalue weighted by molar-refractivity contribution is 0.122. The van der Waals surface area contributed by atoms with E-state index in [1.807, 2.05) is 11.7 Å². The van der Waals surface area contributed by atoms with Crippen LogP contribution >= 0.6 is 22.9 Å². The van der Waals surface area contributed by atoms with Gasteiger partial charge in [-0.3, -0.25) is 4.68 Å². The van der Waals surface area contributed by atoms with Crippen molar-refractivity contribution in [1.82, 2.24) is 19.7 Å². The van der Waals surface area contributed by atoms with E-state index in [1.165, 1.54) is 0 Å². The molecule has 3 aromatic heterocycles. The van der Waals surface area contributed by atoms with Crippen LogP contribution in [0.1, 0.15) is 43.9 Å². The van der Waals surface area contributed by atoms with E-state index in [2.05, 4.69) is 36.7 Å². The van der Waals surface area contributed by atoms with Crippen molar-refractivity contribution in [3.63, 3.8) is 0 Å². The van der Waals surface area contributed by atoms with Crippen LogP contribution in [0.2, 0.25) is 5.15 Å². The molecule has 0 radical (unpaired) electrons. The first-order valence-electron chi connectivity index (χ1n) is 9.87. The van der Waals surface area contributed by atoms with E-state index in [1.54, 1.807) is 11.3 Å². The number of halogens is 1. The molecule has 0 bridgehead atoms. The summed E-state index contributed by atoms with van der Waals surface area (Å²) in [5.41, 5.74) is 4.05. The second-order valence-corrected chi connectivity index (χ2v) is 8.60. The minimum absolute atomic E-state index is 0.454. The Morgan fingerprint density at radius 2 is 1.93 bits per heavy atom. The number of hydrogen-bond acceptors (Lipinski definition) is 6. The average Bonchev–Trinajstić information content (AvgIpc) is 3.23. The highest BCUT2D eigenvalue weighted by atomic mass is 35.5. The summed E-state index contributed by atoms with van der Waals surface area (Å²) in [6.45, 7) is 9.66. The van der Waals surface area contributed by atoms with Gasteiger partial charge in [-0.2, -0.15) is 5.10 Å². The number of thiazole rings is 1. The van der Waals surface area contributed by atoms with E-state index in [0.717, 1.165) is 77.1 Å². The third kappa shape index (κ3) is 3.40. The first kappa shape index (κ1) is 19.6. The summed E-state index contributed by atoms with van der Waals surface area (Å²) >= 11 is 8.15. The van der Waals surface area contributed by atoms with Crippen molar-refractivity contribution in [1.29, 1.82) is 0 Å². The Balaban J connectivity index is 1.78. The molecule has 0 amide bonds. The number of aromatic nitrogens is 4. The predicted molar refractivity (Wildman–Crippen MR) is 116 cm³/mol. The maximum Gasteiger partial charge on any atom is 0.187 e. The van der Waals surface area contributed by atoms with E-state index < -0.39 is 0 Å². The molecule has 4 rings (SSSR count). The van der Waals surface area contributed by atoms with Gasteiger partial charge in [0.1, 0.15) is 0 Å². The van der Waals surface area contributed by atoms with Gasteiger partial charge >= 0.3 is 0 Å². The molecule has 0 atom stereocenters. The third-order valence-corrected chi connectivity index (χ3v) is 6.99. The van der Waals surface area contributed by atoms with Crippen molar-refractivity contribution < 1.29 is 4.74 Å². The van der Waals surface area contributed by atoms with Crippen LogP contribution in [0.5, 0.6) is 0 Å². The lowest BCUT2D eigenvalue weighted by atomic mass is 9.96. The largest absolute Gasteiger partial charge is 0.378 e. The van der Waals surface area contributed by atoms with Crippen LogP contribution in [0, 0.1) is 6.92 Å². The minimum atomic E-state index is 0.454. The van der Waals surface area contributed by atoms with Gasteiger partial charge in [-0.15, -0.1) is 0 Å². The third-order valence-electron chi connectivity index (χ3n) is 5.48. The number of aryl methyl sites for hydroxylation is 2. The molecule has 0 aromatic carbocycles. The molecule has 3 aromatic rings. The van der Waals surface area contributed by atoms with Gasteiger partial charge in [0.15, 0.2) is 15.9 Å². The topological polar surface area (TPSA) is 56.1 Å². The van der Waals surface area contributed by atoms with Crippen LogP contribution in [0.15, 0.2) is 6.07 Å². The molecule has 0 saturated carbocycles. The van der Waals surface area contributed by atoms with Gasteiger partial charge in [-0.05, 0) is 31.4 Å². The fourth-order valence-corrected chi connectivity index (χ4v) is 5.24. The average molecular weight is 420 g/mol. The van der Waals surface area contributed by atoms with Gasteiger partial charge in [-0.1, -0.05) is 36.8 Å². The zero-order chi connectivity index (χ0) is 19.8. The summed E-state index contributed by atoms with van der Waals surface area (Å²) in [6.07, 6.45) is 2.15. The van der Waals surface area contributed by atoms with E-state index >= 15 is 0 Å². The number of hydrogen-bond donors (Lipinski definition) is 0. The predicted octanol–water partition coefficient (Wildman–Crippen LogP) is 4.79. The molecule has 0 unspecified atom stereocenters. The maximum absolute atomic E-state index is 6.54. The number of fused-ring (bicyclic) bond motifs is 1.